The standard InChI is InChI=1S/C21H18N4O2/c1-14-12-16(15(2)24(14)18-8-10-22-11-9-18)13-19-20(26)25(21(27)23-19)17-6-4-3-5-7-17/h3-13H,1-2H3,(H,23,27)/b19-13+. The summed E-state index contributed by atoms with van der Waals surface area (Å²) < 4.78 is 2.09. The van der Waals surface area contributed by atoms with E-state index in [0.717, 1.165) is 27.5 Å². The van der Waals surface area contributed by atoms with Gasteiger partial charge in [0.2, 0.25) is 0 Å². The van der Waals surface area contributed by atoms with E-state index in [-0.39, 0.29) is 11.6 Å². The molecule has 3 heterocycles. The number of para-hydroxylation sites is 1. The maximum Gasteiger partial charge on any atom is 0.333 e. The van der Waals surface area contributed by atoms with Crippen molar-refractivity contribution in [3.63, 3.8) is 0 Å². The molecule has 1 aromatic carbocycles. The molecule has 0 saturated carbocycles. The van der Waals surface area contributed by atoms with Gasteiger partial charge in [0.15, 0.2) is 0 Å². The Balaban J connectivity index is 1.71. The number of aryl methyl sites for hydroxylation is 1. The lowest BCUT2D eigenvalue weighted by Crippen LogP contribution is -2.30. The summed E-state index contributed by atoms with van der Waals surface area (Å²) in [6, 6.07) is 14.3. The van der Waals surface area contributed by atoms with Gasteiger partial charge in [-0.2, -0.15) is 0 Å². The van der Waals surface area contributed by atoms with Crippen molar-refractivity contribution in [1.29, 1.82) is 0 Å². The number of carbonyl (C=O) groups is 2. The number of anilines is 1. The summed E-state index contributed by atoms with van der Waals surface area (Å²) in [7, 11) is 0. The third-order valence-electron chi connectivity index (χ3n) is 4.58. The van der Waals surface area contributed by atoms with Crippen LogP contribution >= 0.6 is 0 Å². The van der Waals surface area contributed by atoms with Crippen LogP contribution in [0.3, 0.4) is 0 Å². The molecule has 1 N–H and O–H groups in total. The van der Waals surface area contributed by atoms with Crippen LogP contribution in [-0.2, 0) is 4.79 Å². The molecular formula is C21H18N4O2. The first-order chi connectivity index (χ1) is 13.1. The number of benzene rings is 1. The number of rotatable bonds is 3. The lowest BCUT2D eigenvalue weighted by atomic mass is 10.2. The van der Waals surface area contributed by atoms with Gasteiger partial charge >= 0.3 is 6.03 Å². The van der Waals surface area contributed by atoms with E-state index in [4.69, 9.17) is 0 Å². The fraction of sp³-hybridized carbons (Fsp3) is 0.0952. The molecule has 3 amide bonds. The van der Waals surface area contributed by atoms with Crippen LogP contribution in [0.1, 0.15) is 17.0 Å². The number of aromatic nitrogens is 2. The second-order valence-corrected chi connectivity index (χ2v) is 6.33. The molecule has 3 aromatic rings. The minimum absolute atomic E-state index is 0.263. The molecule has 0 atom stereocenters. The van der Waals surface area contributed by atoms with Gasteiger partial charge in [-0.3, -0.25) is 9.78 Å². The van der Waals surface area contributed by atoms with Crippen molar-refractivity contribution in [2.45, 2.75) is 13.8 Å². The molecule has 0 radical (unpaired) electrons. The molecule has 0 spiro atoms. The lowest BCUT2D eigenvalue weighted by molar-refractivity contribution is -0.113. The minimum atomic E-state index is -0.444. The van der Waals surface area contributed by atoms with Gasteiger partial charge in [0.1, 0.15) is 5.70 Å². The van der Waals surface area contributed by atoms with E-state index >= 15 is 0 Å². The largest absolute Gasteiger partial charge is 0.333 e. The number of amides is 3. The predicted molar refractivity (Wildman–Crippen MR) is 103 cm³/mol. The van der Waals surface area contributed by atoms with Crippen LogP contribution in [0.4, 0.5) is 10.5 Å². The van der Waals surface area contributed by atoms with Crippen molar-refractivity contribution in [1.82, 2.24) is 14.9 Å². The van der Waals surface area contributed by atoms with Gasteiger partial charge < -0.3 is 9.88 Å². The summed E-state index contributed by atoms with van der Waals surface area (Å²) in [5, 5.41) is 2.68. The molecule has 1 aliphatic rings. The van der Waals surface area contributed by atoms with Gasteiger partial charge in [0.25, 0.3) is 5.91 Å². The summed E-state index contributed by atoms with van der Waals surface area (Å²) in [6.45, 7) is 3.98. The Morgan fingerprint density at radius 3 is 2.37 bits per heavy atom. The number of carbonyl (C=O) groups excluding carboxylic acids is 2. The molecule has 6 heteroatoms. The van der Waals surface area contributed by atoms with Crippen LogP contribution in [0.5, 0.6) is 0 Å². The van der Waals surface area contributed by atoms with E-state index in [1.54, 1.807) is 42.7 Å². The molecule has 6 nitrogen and oxygen atoms in total. The summed E-state index contributed by atoms with van der Waals surface area (Å²) >= 11 is 0. The monoisotopic (exact) mass is 358 g/mol. The van der Waals surface area contributed by atoms with Crippen molar-refractivity contribution in [3.05, 3.63) is 83.6 Å². The van der Waals surface area contributed by atoms with E-state index in [9.17, 15) is 9.59 Å². The zero-order chi connectivity index (χ0) is 19.0. The van der Waals surface area contributed by atoms with E-state index < -0.39 is 6.03 Å². The molecule has 1 aliphatic heterocycles. The Hall–Kier alpha value is -3.67. The molecule has 2 aromatic heterocycles. The Bertz CT molecular complexity index is 1050. The molecule has 134 valence electrons. The Morgan fingerprint density at radius 1 is 0.963 bits per heavy atom. The van der Waals surface area contributed by atoms with Gasteiger partial charge in [0, 0.05) is 29.5 Å². The topological polar surface area (TPSA) is 67.2 Å². The number of urea groups is 1. The number of nitrogens with one attached hydrogen (secondary N) is 1. The Morgan fingerprint density at radius 2 is 1.67 bits per heavy atom. The molecule has 0 bridgehead atoms. The van der Waals surface area contributed by atoms with Crippen LogP contribution in [0.15, 0.2) is 66.6 Å². The molecule has 27 heavy (non-hydrogen) atoms. The smallest absolute Gasteiger partial charge is 0.318 e. The zero-order valence-electron chi connectivity index (χ0n) is 15.0. The van der Waals surface area contributed by atoms with E-state index in [1.165, 1.54) is 0 Å². The van der Waals surface area contributed by atoms with Crippen molar-refractivity contribution < 1.29 is 9.59 Å². The first-order valence-electron chi connectivity index (χ1n) is 8.58. The van der Waals surface area contributed by atoms with Crippen molar-refractivity contribution in [3.8, 4) is 5.69 Å². The van der Waals surface area contributed by atoms with Gasteiger partial charge in [-0.15, -0.1) is 0 Å². The molecular weight excluding hydrogens is 340 g/mol. The van der Waals surface area contributed by atoms with Crippen LogP contribution < -0.4 is 10.2 Å². The average molecular weight is 358 g/mol. The van der Waals surface area contributed by atoms with Crippen LogP contribution in [0, 0.1) is 13.8 Å². The molecule has 0 aliphatic carbocycles. The molecule has 4 rings (SSSR count). The van der Waals surface area contributed by atoms with Crippen molar-refractivity contribution in [2.75, 3.05) is 4.90 Å². The summed E-state index contributed by atoms with van der Waals surface area (Å²) in [4.78, 5) is 30.3. The highest BCUT2D eigenvalue weighted by molar-refractivity contribution is 6.28. The first kappa shape index (κ1) is 16.8. The first-order valence-corrected chi connectivity index (χ1v) is 8.58. The maximum absolute atomic E-state index is 12.8. The van der Waals surface area contributed by atoms with E-state index in [0.29, 0.717) is 5.69 Å². The average Bonchev–Trinajstić information content (AvgIpc) is 3.11. The molecule has 1 fully saturated rings. The third-order valence-corrected chi connectivity index (χ3v) is 4.58. The number of hydrogen-bond donors (Lipinski definition) is 1. The van der Waals surface area contributed by atoms with Gasteiger partial charge in [-0.25, -0.2) is 9.69 Å². The van der Waals surface area contributed by atoms with E-state index in [2.05, 4.69) is 14.9 Å². The van der Waals surface area contributed by atoms with Crippen LogP contribution in [-0.4, -0.2) is 21.5 Å². The Kier molecular flexibility index (Phi) is 4.08. The second kappa shape index (κ2) is 6.57. The van der Waals surface area contributed by atoms with E-state index in [1.807, 2.05) is 38.1 Å². The molecule has 0 unspecified atom stereocenters. The summed E-state index contributed by atoms with van der Waals surface area (Å²) in [5.41, 5.74) is 4.69. The SMILES string of the molecule is Cc1cc(/C=C2/NC(=O)N(c3ccccc3)C2=O)c(C)n1-c1ccncc1. The Labute approximate surface area is 156 Å². The highest BCUT2D eigenvalue weighted by Crippen LogP contribution is 2.25. The summed E-state index contributed by atoms with van der Waals surface area (Å²) in [5.74, 6) is -0.361. The quantitative estimate of drug-likeness (QED) is 0.575. The fourth-order valence-corrected chi connectivity index (χ4v) is 3.33. The maximum atomic E-state index is 12.8. The number of nitrogens with zero attached hydrogens (tertiary/aromatic N) is 3. The molecule has 1 saturated heterocycles. The predicted octanol–water partition coefficient (Wildman–Crippen LogP) is 3.59. The zero-order valence-corrected chi connectivity index (χ0v) is 15.0. The minimum Gasteiger partial charge on any atom is -0.318 e. The lowest BCUT2D eigenvalue weighted by Gasteiger charge is -2.10. The third kappa shape index (κ3) is 2.91. The van der Waals surface area contributed by atoms with Crippen molar-refractivity contribution >= 4 is 23.7 Å². The highest BCUT2D eigenvalue weighted by atomic mass is 16.2. The normalized spacial score (nSPS) is 15.5. The summed E-state index contributed by atoms with van der Waals surface area (Å²) in [6.07, 6.45) is 5.21. The van der Waals surface area contributed by atoms with Gasteiger partial charge in [0.05, 0.1) is 5.69 Å². The van der Waals surface area contributed by atoms with Crippen LogP contribution in [0.25, 0.3) is 11.8 Å². The van der Waals surface area contributed by atoms with Gasteiger partial charge in [-0.1, -0.05) is 18.2 Å². The number of imide groups is 1. The van der Waals surface area contributed by atoms with Gasteiger partial charge in [-0.05, 0) is 55.8 Å². The van der Waals surface area contributed by atoms with Crippen LogP contribution in [0.2, 0.25) is 0 Å². The number of pyridine rings is 1. The fourth-order valence-electron chi connectivity index (χ4n) is 3.33. The highest BCUT2D eigenvalue weighted by Gasteiger charge is 2.34. The second-order valence-electron chi connectivity index (χ2n) is 6.33. The van der Waals surface area contributed by atoms with Crippen molar-refractivity contribution in [2.24, 2.45) is 0 Å². The number of hydrogen-bond acceptors (Lipinski definition) is 3.